The molecule has 2 aromatic carbocycles. The molecule has 28 heavy (non-hydrogen) atoms. The normalized spacial score (nSPS) is 10.7. The van der Waals surface area contributed by atoms with Crippen LogP contribution in [0.2, 0.25) is 0 Å². The van der Waals surface area contributed by atoms with Crippen LogP contribution in [0, 0.1) is 0 Å². The Morgan fingerprint density at radius 2 is 1.71 bits per heavy atom. The smallest absolute Gasteiger partial charge is 0.341 e. The fourth-order valence-electron chi connectivity index (χ4n) is 2.78. The van der Waals surface area contributed by atoms with Crippen molar-refractivity contribution in [2.45, 2.75) is 26.7 Å². The second-order valence-electron chi connectivity index (χ2n) is 6.67. The number of thiophene rings is 1. The largest absolute Gasteiger partial charge is 0.462 e. The minimum Gasteiger partial charge on any atom is -0.462 e. The van der Waals surface area contributed by atoms with E-state index in [4.69, 9.17) is 4.74 Å². The molecular formula is C23H23NO3S. The van der Waals surface area contributed by atoms with Crippen molar-refractivity contribution in [1.29, 1.82) is 0 Å². The van der Waals surface area contributed by atoms with E-state index in [2.05, 4.69) is 19.2 Å². The molecule has 3 aromatic rings. The zero-order valence-electron chi connectivity index (χ0n) is 16.2. The molecule has 0 saturated carbocycles. The Balaban J connectivity index is 1.89. The quantitative estimate of drug-likeness (QED) is 0.525. The van der Waals surface area contributed by atoms with Crippen LogP contribution in [0.25, 0.3) is 10.4 Å². The SMILES string of the molecule is CCOC(=O)c1cc(-c2ccccc2)sc1NC(=O)c1ccc(C(C)C)cc1. The van der Waals surface area contributed by atoms with Crippen molar-refractivity contribution >= 4 is 28.2 Å². The highest BCUT2D eigenvalue weighted by Crippen LogP contribution is 2.36. The number of rotatable bonds is 6. The van der Waals surface area contributed by atoms with E-state index < -0.39 is 5.97 Å². The van der Waals surface area contributed by atoms with Gasteiger partial charge in [0.25, 0.3) is 5.91 Å². The number of benzene rings is 2. The molecule has 0 aliphatic rings. The zero-order chi connectivity index (χ0) is 20.1. The summed E-state index contributed by atoms with van der Waals surface area (Å²) in [4.78, 5) is 26.0. The highest BCUT2D eigenvalue weighted by atomic mass is 32.1. The number of hydrogen-bond donors (Lipinski definition) is 1. The molecular weight excluding hydrogens is 370 g/mol. The summed E-state index contributed by atoms with van der Waals surface area (Å²) in [5, 5.41) is 3.38. The maximum Gasteiger partial charge on any atom is 0.341 e. The Bertz CT molecular complexity index is 959. The molecule has 0 unspecified atom stereocenters. The molecule has 0 atom stereocenters. The van der Waals surface area contributed by atoms with E-state index in [0.29, 0.717) is 22.0 Å². The van der Waals surface area contributed by atoms with Gasteiger partial charge in [0.05, 0.1) is 12.2 Å². The first-order valence-corrected chi connectivity index (χ1v) is 10.1. The lowest BCUT2D eigenvalue weighted by atomic mass is 10.0. The summed E-state index contributed by atoms with van der Waals surface area (Å²) in [5.41, 5.74) is 3.08. The monoisotopic (exact) mass is 393 g/mol. The van der Waals surface area contributed by atoms with Crippen LogP contribution in [0.1, 0.15) is 53.0 Å². The second kappa shape index (κ2) is 8.85. The molecule has 1 aromatic heterocycles. The summed E-state index contributed by atoms with van der Waals surface area (Å²) in [7, 11) is 0. The van der Waals surface area contributed by atoms with Crippen LogP contribution in [0.15, 0.2) is 60.7 Å². The number of carbonyl (C=O) groups excluding carboxylic acids is 2. The van der Waals surface area contributed by atoms with Gasteiger partial charge in [-0.2, -0.15) is 0 Å². The van der Waals surface area contributed by atoms with Crippen molar-refractivity contribution in [3.05, 3.63) is 77.4 Å². The topological polar surface area (TPSA) is 55.4 Å². The molecule has 0 spiro atoms. The third-order valence-electron chi connectivity index (χ3n) is 4.35. The Kier molecular flexibility index (Phi) is 6.26. The van der Waals surface area contributed by atoms with E-state index >= 15 is 0 Å². The van der Waals surface area contributed by atoms with Gasteiger partial charge in [-0.3, -0.25) is 4.79 Å². The lowest BCUT2D eigenvalue weighted by Gasteiger charge is -2.08. The van der Waals surface area contributed by atoms with Crippen molar-refractivity contribution in [3.63, 3.8) is 0 Å². The van der Waals surface area contributed by atoms with Gasteiger partial charge < -0.3 is 10.1 Å². The van der Waals surface area contributed by atoms with Crippen LogP contribution in [-0.2, 0) is 4.74 Å². The number of hydrogen-bond acceptors (Lipinski definition) is 4. The number of anilines is 1. The fourth-order valence-corrected chi connectivity index (χ4v) is 3.83. The molecule has 0 aliphatic heterocycles. The average molecular weight is 394 g/mol. The van der Waals surface area contributed by atoms with Crippen LogP contribution < -0.4 is 5.32 Å². The minimum atomic E-state index is -0.439. The Morgan fingerprint density at radius 3 is 2.32 bits per heavy atom. The zero-order valence-corrected chi connectivity index (χ0v) is 17.0. The lowest BCUT2D eigenvalue weighted by Crippen LogP contribution is -2.14. The number of esters is 1. The van der Waals surface area contributed by atoms with E-state index in [-0.39, 0.29) is 12.5 Å². The van der Waals surface area contributed by atoms with Crippen molar-refractivity contribution in [2.75, 3.05) is 11.9 Å². The number of amides is 1. The van der Waals surface area contributed by atoms with Gasteiger partial charge in [-0.1, -0.05) is 56.3 Å². The molecule has 3 rings (SSSR count). The van der Waals surface area contributed by atoms with E-state index in [0.717, 1.165) is 10.4 Å². The summed E-state index contributed by atoms with van der Waals surface area (Å²) >= 11 is 1.37. The van der Waals surface area contributed by atoms with Gasteiger partial charge in [0.1, 0.15) is 5.00 Å². The van der Waals surface area contributed by atoms with Crippen LogP contribution in [0.4, 0.5) is 5.00 Å². The minimum absolute atomic E-state index is 0.248. The molecule has 144 valence electrons. The van der Waals surface area contributed by atoms with Crippen LogP contribution in [-0.4, -0.2) is 18.5 Å². The van der Waals surface area contributed by atoms with Crippen molar-refractivity contribution in [2.24, 2.45) is 0 Å². The average Bonchev–Trinajstić information content (AvgIpc) is 3.13. The van der Waals surface area contributed by atoms with Gasteiger partial charge in [0.2, 0.25) is 0 Å². The van der Waals surface area contributed by atoms with Gasteiger partial charge in [-0.15, -0.1) is 11.3 Å². The maximum absolute atomic E-state index is 12.7. The predicted molar refractivity (Wildman–Crippen MR) is 114 cm³/mol. The third-order valence-corrected chi connectivity index (χ3v) is 5.45. The summed E-state index contributed by atoms with van der Waals surface area (Å²) in [6.45, 7) is 6.26. The highest BCUT2D eigenvalue weighted by molar-refractivity contribution is 7.20. The Morgan fingerprint density at radius 1 is 1.04 bits per heavy atom. The van der Waals surface area contributed by atoms with Crippen molar-refractivity contribution < 1.29 is 14.3 Å². The number of ether oxygens (including phenoxy) is 1. The van der Waals surface area contributed by atoms with E-state index in [1.54, 1.807) is 25.1 Å². The van der Waals surface area contributed by atoms with Crippen LogP contribution >= 0.6 is 11.3 Å². The Hall–Kier alpha value is -2.92. The van der Waals surface area contributed by atoms with Crippen molar-refractivity contribution in [3.8, 4) is 10.4 Å². The van der Waals surface area contributed by atoms with Gasteiger partial charge >= 0.3 is 5.97 Å². The maximum atomic E-state index is 12.7. The first-order chi connectivity index (χ1) is 13.5. The van der Waals surface area contributed by atoms with E-state index in [9.17, 15) is 9.59 Å². The first-order valence-electron chi connectivity index (χ1n) is 9.27. The van der Waals surface area contributed by atoms with Gasteiger partial charge in [-0.05, 0) is 42.2 Å². The molecule has 1 heterocycles. The molecule has 5 heteroatoms. The molecule has 1 amide bonds. The Labute approximate surface area is 169 Å². The lowest BCUT2D eigenvalue weighted by molar-refractivity contribution is 0.0528. The molecule has 4 nitrogen and oxygen atoms in total. The van der Waals surface area contributed by atoms with Gasteiger partial charge in [0, 0.05) is 10.4 Å². The predicted octanol–water partition coefficient (Wildman–Crippen LogP) is 5.97. The number of carbonyl (C=O) groups is 2. The summed E-state index contributed by atoms with van der Waals surface area (Å²) < 4.78 is 5.16. The van der Waals surface area contributed by atoms with Gasteiger partial charge in [0.15, 0.2) is 0 Å². The fraction of sp³-hybridized carbons (Fsp3) is 0.217. The molecule has 0 bridgehead atoms. The second-order valence-corrected chi connectivity index (χ2v) is 7.72. The standard InChI is InChI=1S/C23H23NO3S/c1-4-27-23(26)19-14-20(17-8-6-5-7-9-17)28-22(19)24-21(25)18-12-10-16(11-13-18)15(2)3/h5-15H,4H2,1-3H3,(H,24,25). The molecule has 0 aliphatic carbocycles. The highest BCUT2D eigenvalue weighted by Gasteiger charge is 2.20. The molecule has 1 N–H and O–H groups in total. The van der Waals surface area contributed by atoms with Gasteiger partial charge in [-0.25, -0.2) is 4.79 Å². The third kappa shape index (κ3) is 4.49. The first kappa shape index (κ1) is 19.8. The summed E-state index contributed by atoms with van der Waals surface area (Å²) in [6, 6.07) is 19.0. The number of nitrogens with one attached hydrogen (secondary N) is 1. The van der Waals surface area contributed by atoms with E-state index in [1.807, 2.05) is 42.5 Å². The van der Waals surface area contributed by atoms with Crippen LogP contribution in [0.3, 0.4) is 0 Å². The summed E-state index contributed by atoms with van der Waals surface area (Å²) in [5.74, 6) is -0.285. The molecule has 0 saturated heterocycles. The molecule has 0 radical (unpaired) electrons. The molecule has 0 fully saturated rings. The van der Waals surface area contributed by atoms with Crippen LogP contribution in [0.5, 0.6) is 0 Å². The van der Waals surface area contributed by atoms with E-state index in [1.165, 1.54) is 16.9 Å². The van der Waals surface area contributed by atoms with Crippen molar-refractivity contribution in [1.82, 2.24) is 0 Å². The summed E-state index contributed by atoms with van der Waals surface area (Å²) in [6.07, 6.45) is 0.